The molecule has 0 aliphatic rings. The summed E-state index contributed by atoms with van der Waals surface area (Å²) in [5.74, 6) is 0.970. The molecule has 0 fully saturated rings. The van der Waals surface area contributed by atoms with Crippen molar-refractivity contribution in [2.45, 2.75) is 66.2 Å². The number of aryl methyl sites for hydroxylation is 4. The van der Waals surface area contributed by atoms with Gasteiger partial charge < -0.3 is 14.9 Å². The first-order chi connectivity index (χ1) is 32.2. The fourth-order valence-corrected chi connectivity index (χ4v) is 9.40. The molecule has 10 rings (SSSR count). The van der Waals surface area contributed by atoms with Gasteiger partial charge in [0.25, 0.3) is 0 Å². The summed E-state index contributed by atoms with van der Waals surface area (Å²) in [5.41, 5.74) is 21.2. The van der Waals surface area contributed by atoms with E-state index in [9.17, 15) is 0 Å². The Labute approximate surface area is 425 Å². The van der Waals surface area contributed by atoms with Gasteiger partial charge in [0, 0.05) is 0 Å². The first-order valence-electron chi connectivity index (χ1n) is 23.2. The van der Waals surface area contributed by atoms with Crippen LogP contribution >= 0.6 is 0 Å². The van der Waals surface area contributed by atoms with E-state index in [0.717, 1.165) is 12.8 Å². The average molecular weight is 977 g/mol. The number of rotatable bonds is 10. The predicted octanol–water partition coefficient (Wildman–Crippen LogP) is 18.2. The zero-order valence-corrected chi connectivity index (χ0v) is 44.7. The molecule has 0 aliphatic heterocycles. The normalized spacial score (nSPS) is 11.5. The number of benzene rings is 8. The van der Waals surface area contributed by atoms with Crippen molar-refractivity contribution >= 4 is 28.4 Å². The Balaban J connectivity index is 0.000000210. The Bertz CT molecular complexity index is 2750. The summed E-state index contributed by atoms with van der Waals surface area (Å²) >= 11 is 1.36. The summed E-state index contributed by atoms with van der Waals surface area (Å²) < 4.78 is 0. The number of hydrogen-bond acceptors (Lipinski definition) is 0. The molecule has 0 saturated heterocycles. The van der Waals surface area contributed by atoms with Crippen molar-refractivity contribution in [3.63, 3.8) is 0 Å². The van der Waals surface area contributed by atoms with Crippen molar-refractivity contribution in [1.29, 1.82) is 0 Å². The molecule has 0 bridgehead atoms. The van der Waals surface area contributed by atoms with Crippen LogP contribution in [-0.4, -0.2) is 6.88 Å². The van der Waals surface area contributed by atoms with Gasteiger partial charge in [-0.05, 0) is 74.6 Å². The molecule has 0 aromatic heterocycles. The van der Waals surface area contributed by atoms with Crippen molar-refractivity contribution in [3.05, 3.63) is 266 Å². The molecule has 0 heterocycles. The number of hydrogen-bond donors (Lipinski definition) is 0. The van der Waals surface area contributed by atoms with Gasteiger partial charge in [-0.25, -0.2) is 0 Å². The van der Waals surface area contributed by atoms with Crippen LogP contribution in [-0.2, 0) is 36.2 Å². The maximum atomic E-state index is 3.06. The van der Waals surface area contributed by atoms with Crippen LogP contribution in [0.5, 0.6) is 0 Å². The van der Waals surface area contributed by atoms with Crippen LogP contribution in [0.25, 0.3) is 66.1 Å². The van der Waals surface area contributed by atoms with Gasteiger partial charge in [-0.2, -0.15) is 12.1 Å². The molecule has 2 unspecified atom stereocenters. The first-order valence-corrected chi connectivity index (χ1v) is 27.4. The van der Waals surface area contributed by atoms with Crippen LogP contribution in [0.4, 0.5) is 0 Å². The van der Waals surface area contributed by atoms with E-state index >= 15 is 0 Å². The fourth-order valence-electron chi connectivity index (χ4n) is 9.40. The maximum absolute atomic E-state index is 3.06. The van der Waals surface area contributed by atoms with Crippen LogP contribution < -0.4 is 0 Å². The molecule has 10 aromatic carbocycles. The van der Waals surface area contributed by atoms with Crippen LogP contribution in [0.1, 0.15) is 70.2 Å². The van der Waals surface area contributed by atoms with E-state index in [1.165, 1.54) is 134 Å². The van der Waals surface area contributed by atoms with E-state index in [4.69, 9.17) is 0 Å². The summed E-state index contributed by atoms with van der Waals surface area (Å²) in [5, 5.41) is 5.40. The van der Waals surface area contributed by atoms with Crippen LogP contribution in [0.2, 0.25) is 0 Å². The molecule has 68 heavy (non-hydrogen) atoms. The molecule has 0 spiro atoms. The second-order valence-corrected chi connectivity index (χ2v) is 18.2. The minimum absolute atomic E-state index is 0. The molecule has 2 atom stereocenters. The molecule has 0 nitrogen and oxygen atoms in total. The Kier molecular flexibility index (Phi) is 18.1. The van der Waals surface area contributed by atoms with Gasteiger partial charge in [0.15, 0.2) is 0 Å². The Hall–Kier alpha value is -5.92. The topological polar surface area (TPSA) is 0 Å². The minimum atomic E-state index is 0. The summed E-state index contributed by atoms with van der Waals surface area (Å²) in [4.78, 5) is 0. The summed E-state index contributed by atoms with van der Waals surface area (Å²) in [6.07, 6.45) is 2.08. The van der Waals surface area contributed by atoms with Gasteiger partial charge in [0.1, 0.15) is 0 Å². The molecular formula is C66H64SiZr-4. The third-order valence-electron chi connectivity index (χ3n) is 13.2. The third-order valence-corrected chi connectivity index (χ3v) is 13.2. The van der Waals surface area contributed by atoms with E-state index in [1.807, 2.05) is 0 Å². The van der Waals surface area contributed by atoms with Crippen molar-refractivity contribution in [2.75, 3.05) is 0 Å². The van der Waals surface area contributed by atoms with Gasteiger partial charge in [0.2, 0.25) is 0 Å². The van der Waals surface area contributed by atoms with E-state index in [2.05, 4.69) is 255 Å². The van der Waals surface area contributed by atoms with Crippen LogP contribution in [0, 0.1) is 42.5 Å². The first kappa shape index (κ1) is 51.5. The summed E-state index contributed by atoms with van der Waals surface area (Å²) in [6, 6.07) is 76.2. The van der Waals surface area contributed by atoms with Crippen molar-refractivity contribution in [1.82, 2.24) is 0 Å². The standard InChI is InChI=1S/2C32H29.2CH3.Si.Zr/c2*1-22-9-13-27(14-10-22)29-17-18-30(28-15-11-23(2)12-16-28)32-21-25(20-31(29)32)19-24(3)26-7-5-4-6-8-26;;;;/h2*4-18,20-21,24H,19H2,1-3H3;2*1H3;;/q4*-1;;. The average Bonchev–Trinajstić information content (AvgIpc) is 3.98. The molecule has 2 radical (unpaired) electrons. The molecule has 10 aromatic rings. The van der Waals surface area contributed by atoms with Gasteiger partial charge in [-0.15, -0.1) is 44.8 Å². The Morgan fingerprint density at radius 1 is 0.368 bits per heavy atom. The number of fused-ring (bicyclic) bond motifs is 2. The Morgan fingerprint density at radius 2 is 0.632 bits per heavy atom. The van der Waals surface area contributed by atoms with Gasteiger partial charge in [-0.1, -0.05) is 251 Å². The summed E-state index contributed by atoms with van der Waals surface area (Å²) in [7, 11) is 0. The predicted molar refractivity (Wildman–Crippen MR) is 295 cm³/mol. The van der Waals surface area contributed by atoms with Crippen molar-refractivity contribution < 1.29 is 23.3 Å². The zero-order chi connectivity index (χ0) is 46.2. The molecule has 340 valence electrons. The van der Waals surface area contributed by atoms with Gasteiger partial charge in [0.05, 0.1) is 0 Å². The fraction of sp³-hybridized carbons (Fsp3) is 0.152. The molecule has 0 aliphatic carbocycles. The van der Waals surface area contributed by atoms with E-state index in [1.54, 1.807) is 0 Å². The van der Waals surface area contributed by atoms with Crippen LogP contribution in [0.15, 0.2) is 206 Å². The van der Waals surface area contributed by atoms with Gasteiger partial charge >= 0.3 is 30.2 Å². The van der Waals surface area contributed by atoms with E-state index < -0.39 is 0 Å². The van der Waals surface area contributed by atoms with Crippen LogP contribution in [0.3, 0.4) is 0 Å². The molecule has 0 amide bonds. The monoisotopic (exact) mass is 974 g/mol. The second kappa shape index (κ2) is 23.9. The summed E-state index contributed by atoms with van der Waals surface area (Å²) in [6.45, 7) is 16.3. The second-order valence-electron chi connectivity index (χ2n) is 18.2. The molecule has 0 N–H and O–H groups in total. The SMILES string of the molecule is Cc1ccc(-c2ccc(-c3ccc(C)cc3)c3[cH-]c(CC(C)c4ccccc4)cc23)cc1.Cc1ccc(-c2ccc(-c3ccc(C)cc3)c3[cH-]c(CC(C)c4ccccc4)cc23)cc1.[CH3-].[CH3-].[Si]=[Zr]. The third kappa shape index (κ3) is 12.0. The van der Waals surface area contributed by atoms with Crippen molar-refractivity contribution in [3.8, 4) is 44.5 Å². The van der Waals surface area contributed by atoms with E-state index in [0.29, 0.717) is 11.8 Å². The molecular weight excluding hydrogens is 912 g/mol. The zero-order valence-electron chi connectivity index (χ0n) is 41.2. The van der Waals surface area contributed by atoms with Crippen molar-refractivity contribution in [2.24, 2.45) is 0 Å². The molecule has 0 saturated carbocycles. The quantitative estimate of drug-likeness (QED) is 0.0946. The van der Waals surface area contributed by atoms with Gasteiger partial charge in [-0.3, -0.25) is 0 Å². The molecule has 2 heteroatoms. The van der Waals surface area contributed by atoms with E-state index in [-0.39, 0.29) is 14.9 Å². The Morgan fingerprint density at radius 3 is 0.926 bits per heavy atom.